The van der Waals surface area contributed by atoms with E-state index in [1.54, 1.807) is 18.2 Å². The average molecular weight is 262 g/mol. The Kier molecular flexibility index (Phi) is 2.77. The maximum Gasteiger partial charge on any atom is 0.269 e. The van der Waals surface area contributed by atoms with E-state index in [2.05, 4.69) is 10.9 Å². The van der Waals surface area contributed by atoms with Crippen LogP contribution < -0.4 is 20.3 Å². The van der Waals surface area contributed by atoms with Crippen molar-refractivity contribution in [3.05, 3.63) is 23.8 Å². The fourth-order valence-electron chi connectivity index (χ4n) is 2.01. The van der Waals surface area contributed by atoms with Gasteiger partial charge < -0.3 is 9.47 Å². The molecule has 2 amide bonds. The summed E-state index contributed by atoms with van der Waals surface area (Å²) in [6, 6.07) is 4.88. The average Bonchev–Trinajstić information content (AvgIpc) is 2.97. The second kappa shape index (κ2) is 4.46. The largest absolute Gasteiger partial charge is 0.454 e. The molecule has 1 heterocycles. The van der Waals surface area contributed by atoms with E-state index in [9.17, 15) is 9.59 Å². The van der Waals surface area contributed by atoms with E-state index in [0.29, 0.717) is 23.0 Å². The molecule has 1 aliphatic carbocycles. The lowest BCUT2D eigenvalue weighted by molar-refractivity contribution is -0.123. The molecule has 0 aromatic heterocycles. The summed E-state index contributed by atoms with van der Waals surface area (Å²) < 4.78 is 10.3. The van der Waals surface area contributed by atoms with E-state index in [4.69, 9.17) is 9.47 Å². The van der Waals surface area contributed by atoms with E-state index in [-0.39, 0.29) is 24.5 Å². The summed E-state index contributed by atoms with van der Waals surface area (Å²) in [5, 5.41) is 0. The Morgan fingerprint density at radius 3 is 2.68 bits per heavy atom. The van der Waals surface area contributed by atoms with Crippen LogP contribution in [0.2, 0.25) is 0 Å². The van der Waals surface area contributed by atoms with Crippen LogP contribution in [0.5, 0.6) is 11.5 Å². The van der Waals surface area contributed by atoms with Crippen molar-refractivity contribution < 1.29 is 19.1 Å². The van der Waals surface area contributed by atoms with Crippen LogP contribution in [0.3, 0.4) is 0 Å². The first kappa shape index (κ1) is 11.8. The summed E-state index contributed by atoms with van der Waals surface area (Å²) in [5.74, 6) is 1.07. The van der Waals surface area contributed by atoms with Gasteiger partial charge in [0.25, 0.3) is 5.91 Å². The molecule has 6 heteroatoms. The molecule has 1 saturated carbocycles. The fourth-order valence-corrected chi connectivity index (χ4v) is 2.01. The zero-order valence-corrected chi connectivity index (χ0v) is 10.4. The number of amides is 2. The second-order valence-electron chi connectivity index (χ2n) is 4.83. The smallest absolute Gasteiger partial charge is 0.269 e. The van der Waals surface area contributed by atoms with E-state index < -0.39 is 0 Å². The van der Waals surface area contributed by atoms with Crippen LogP contribution in [-0.4, -0.2) is 18.6 Å². The monoisotopic (exact) mass is 262 g/mol. The molecular weight excluding hydrogens is 248 g/mol. The summed E-state index contributed by atoms with van der Waals surface area (Å²) in [4.78, 5) is 23.4. The highest BCUT2D eigenvalue weighted by atomic mass is 16.7. The van der Waals surface area contributed by atoms with Gasteiger partial charge in [-0.1, -0.05) is 6.92 Å². The van der Waals surface area contributed by atoms with Crippen LogP contribution in [-0.2, 0) is 4.79 Å². The van der Waals surface area contributed by atoms with Gasteiger partial charge in [0, 0.05) is 11.5 Å². The number of carbonyl (C=O) groups is 2. The number of carbonyl (C=O) groups excluding carboxylic acids is 2. The molecule has 2 aliphatic rings. The Morgan fingerprint density at radius 1 is 1.21 bits per heavy atom. The minimum Gasteiger partial charge on any atom is -0.454 e. The number of hydrogen-bond acceptors (Lipinski definition) is 4. The fraction of sp³-hybridized carbons (Fsp3) is 0.385. The summed E-state index contributed by atoms with van der Waals surface area (Å²) in [7, 11) is 0. The van der Waals surface area contributed by atoms with Crippen molar-refractivity contribution in [3.63, 3.8) is 0 Å². The molecular formula is C13H14N2O4. The molecule has 2 N–H and O–H groups in total. The first-order chi connectivity index (χ1) is 9.15. The number of rotatable bonds is 2. The topological polar surface area (TPSA) is 76.7 Å². The van der Waals surface area contributed by atoms with E-state index in [0.717, 1.165) is 6.42 Å². The third-order valence-corrected chi connectivity index (χ3v) is 3.38. The van der Waals surface area contributed by atoms with E-state index in [1.807, 2.05) is 6.92 Å². The zero-order chi connectivity index (χ0) is 13.4. The number of fused-ring (bicyclic) bond motifs is 1. The molecule has 0 saturated heterocycles. The van der Waals surface area contributed by atoms with Crippen LogP contribution >= 0.6 is 0 Å². The van der Waals surface area contributed by atoms with Crippen molar-refractivity contribution in [3.8, 4) is 11.5 Å². The number of benzene rings is 1. The van der Waals surface area contributed by atoms with Crippen LogP contribution in [0.25, 0.3) is 0 Å². The van der Waals surface area contributed by atoms with Gasteiger partial charge in [0.1, 0.15) is 0 Å². The minimum absolute atomic E-state index is 0.0250. The molecule has 0 spiro atoms. The number of hydrazine groups is 1. The standard InChI is InChI=1S/C13H14N2O4/c1-7-4-9(7)13(17)15-14-12(16)8-2-3-10-11(5-8)19-6-18-10/h2-3,5,7,9H,4,6H2,1H3,(H,14,16)(H,15,17)/t7-,9+/m0/s1. The predicted molar refractivity (Wildman–Crippen MR) is 65.4 cm³/mol. The van der Waals surface area contributed by atoms with Gasteiger partial charge in [-0.05, 0) is 30.5 Å². The lowest BCUT2D eigenvalue weighted by atomic mass is 10.2. The zero-order valence-electron chi connectivity index (χ0n) is 10.4. The van der Waals surface area contributed by atoms with Crippen LogP contribution in [0, 0.1) is 11.8 Å². The maximum absolute atomic E-state index is 11.9. The Hall–Kier alpha value is -2.24. The lowest BCUT2D eigenvalue weighted by Gasteiger charge is -2.07. The van der Waals surface area contributed by atoms with Gasteiger partial charge in [-0.15, -0.1) is 0 Å². The van der Waals surface area contributed by atoms with Crippen molar-refractivity contribution in [1.29, 1.82) is 0 Å². The molecule has 0 bridgehead atoms. The van der Waals surface area contributed by atoms with Gasteiger partial charge >= 0.3 is 0 Å². The molecule has 100 valence electrons. The van der Waals surface area contributed by atoms with Crippen molar-refractivity contribution in [2.75, 3.05) is 6.79 Å². The maximum atomic E-state index is 11.9. The van der Waals surface area contributed by atoms with E-state index in [1.165, 1.54) is 0 Å². The Bertz CT molecular complexity index is 543. The first-order valence-corrected chi connectivity index (χ1v) is 6.15. The predicted octanol–water partition coefficient (Wildman–Crippen LogP) is 0.832. The van der Waals surface area contributed by atoms with Gasteiger partial charge in [0.05, 0.1) is 0 Å². The van der Waals surface area contributed by atoms with Crippen LogP contribution in [0.4, 0.5) is 0 Å². The summed E-state index contributed by atoms with van der Waals surface area (Å²) in [6.45, 7) is 2.17. The molecule has 1 aliphatic heterocycles. The Balaban J connectivity index is 1.59. The van der Waals surface area contributed by atoms with Gasteiger partial charge in [-0.3, -0.25) is 20.4 Å². The summed E-state index contributed by atoms with van der Waals surface area (Å²) in [5.41, 5.74) is 5.24. The molecule has 1 aromatic rings. The summed E-state index contributed by atoms with van der Waals surface area (Å²) in [6.07, 6.45) is 0.881. The molecule has 6 nitrogen and oxygen atoms in total. The number of nitrogens with one attached hydrogen (secondary N) is 2. The molecule has 19 heavy (non-hydrogen) atoms. The molecule has 3 rings (SSSR count). The highest BCUT2D eigenvalue weighted by molar-refractivity contribution is 5.96. The van der Waals surface area contributed by atoms with E-state index >= 15 is 0 Å². The Morgan fingerprint density at radius 2 is 1.95 bits per heavy atom. The van der Waals surface area contributed by atoms with Crippen LogP contribution in [0.15, 0.2) is 18.2 Å². The molecule has 1 fully saturated rings. The quantitative estimate of drug-likeness (QED) is 0.774. The number of hydrogen-bond donors (Lipinski definition) is 2. The highest BCUT2D eigenvalue weighted by Crippen LogP contribution is 2.37. The van der Waals surface area contributed by atoms with Gasteiger partial charge in [-0.2, -0.15) is 0 Å². The minimum atomic E-state index is -0.375. The molecule has 2 atom stereocenters. The molecule has 0 radical (unpaired) electrons. The van der Waals surface area contributed by atoms with Crippen molar-refractivity contribution >= 4 is 11.8 Å². The highest BCUT2D eigenvalue weighted by Gasteiger charge is 2.39. The lowest BCUT2D eigenvalue weighted by Crippen LogP contribution is -2.42. The SMILES string of the molecule is C[C@H]1C[C@H]1C(=O)NNC(=O)c1ccc2c(c1)OCO2. The van der Waals surface area contributed by atoms with Crippen LogP contribution in [0.1, 0.15) is 23.7 Å². The molecule has 0 unspecified atom stereocenters. The second-order valence-corrected chi connectivity index (χ2v) is 4.83. The van der Waals surface area contributed by atoms with Crippen molar-refractivity contribution in [2.24, 2.45) is 11.8 Å². The van der Waals surface area contributed by atoms with Crippen molar-refractivity contribution in [2.45, 2.75) is 13.3 Å². The van der Waals surface area contributed by atoms with Gasteiger partial charge in [-0.25, -0.2) is 0 Å². The third-order valence-electron chi connectivity index (χ3n) is 3.38. The number of ether oxygens (including phenoxy) is 2. The normalized spacial score (nSPS) is 22.8. The summed E-state index contributed by atoms with van der Waals surface area (Å²) >= 11 is 0. The van der Waals surface area contributed by atoms with Crippen molar-refractivity contribution in [1.82, 2.24) is 10.9 Å². The van der Waals surface area contributed by atoms with Gasteiger partial charge in [0.2, 0.25) is 12.7 Å². The molecule has 1 aromatic carbocycles. The Labute approximate surface area is 110 Å². The third kappa shape index (κ3) is 2.33. The first-order valence-electron chi connectivity index (χ1n) is 6.15. The van der Waals surface area contributed by atoms with Gasteiger partial charge in [0.15, 0.2) is 11.5 Å².